The fourth-order valence-corrected chi connectivity index (χ4v) is 3.78. The average molecular weight is 477 g/mol. The highest BCUT2D eigenvalue weighted by Gasteiger charge is 2.36. The predicted octanol–water partition coefficient (Wildman–Crippen LogP) is 4.66. The summed E-state index contributed by atoms with van der Waals surface area (Å²) in [6, 6.07) is 7.78. The predicted molar refractivity (Wildman–Crippen MR) is 117 cm³/mol. The van der Waals surface area contributed by atoms with Gasteiger partial charge in [-0.05, 0) is 26.8 Å². The maximum Gasteiger partial charge on any atom is 0.433 e. The molecule has 4 rings (SSSR count). The molecule has 0 fully saturated rings. The van der Waals surface area contributed by atoms with Gasteiger partial charge in [-0.25, -0.2) is 9.50 Å². The first-order valence-electron chi connectivity index (χ1n) is 9.98. The van der Waals surface area contributed by atoms with Gasteiger partial charge in [0.1, 0.15) is 5.02 Å². The second kappa shape index (κ2) is 8.18. The molecule has 1 N–H and O–H groups in total. The van der Waals surface area contributed by atoms with E-state index in [0.717, 1.165) is 28.6 Å². The van der Waals surface area contributed by atoms with Gasteiger partial charge in [-0.3, -0.25) is 9.48 Å². The Hall–Kier alpha value is -3.40. The molecule has 3 aromatic heterocycles. The maximum absolute atomic E-state index is 13.8. The first-order valence-corrected chi connectivity index (χ1v) is 10.4. The van der Waals surface area contributed by atoms with E-state index >= 15 is 0 Å². The third kappa shape index (κ3) is 4.18. The molecule has 0 saturated carbocycles. The van der Waals surface area contributed by atoms with Crippen molar-refractivity contribution in [3.63, 3.8) is 0 Å². The molecule has 4 aromatic rings. The molecule has 1 aromatic carbocycles. The van der Waals surface area contributed by atoms with Crippen molar-refractivity contribution < 1.29 is 18.0 Å². The van der Waals surface area contributed by atoms with Crippen LogP contribution in [0.25, 0.3) is 16.9 Å². The Kier molecular flexibility index (Phi) is 5.65. The lowest BCUT2D eigenvalue weighted by atomic mass is 10.1. The molecule has 0 spiro atoms. The molecule has 0 atom stereocenters. The standard InChI is InChI=1S/C22H20ClF3N6O/c1-11-5-7-14(8-6-11)16-9-17(22(24,25)26)32-20(28-16)18(23)19(30-32)21(33)27-10-15-12(2)29-31(4)13(15)3/h5-9H,10H2,1-4H3,(H,27,33). The van der Waals surface area contributed by atoms with Crippen molar-refractivity contribution in [2.75, 3.05) is 0 Å². The highest BCUT2D eigenvalue weighted by atomic mass is 35.5. The van der Waals surface area contributed by atoms with Gasteiger partial charge in [0, 0.05) is 30.4 Å². The number of aryl methyl sites for hydroxylation is 3. The third-order valence-corrected chi connectivity index (χ3v) is 5.82. The molecule has 0 aliphatic carbocycles. The zero-order valence-electron chi connectivity index (χ0n) is 18.3. The molecule has 3 heterocycles. The normalized spacial score (nSPS) is 11.9. The van der Waals surface area contributed by atoms with E-state index in [4.69, 9.17) is 11.6 Å². The Bertz CT molecular complexity index is 1370. The second-order valence-electron chi connectivity index (χ2n) is 7.74. The molecular weight excluding hydrogens is 457 g/mol. The van der Waals surface area contributed by atoms with Gasteiger partial charge in [-0.2, -0.15) is 23.4 Å². The SMILES string of the molecule is Cc1ccc(-c2cc(C(F)(F)F)n3nc(C(=O)NCc4c(C)nn(C)c4C)c(Cl)c3n2)cc1. The highest BCUT2D eigenvalue weighted by Crippen LogP contribution is 2.34. The van der Waals surface area contributed by atoms with Gasteiger partial charge in [0.25, 0.3) is 5.91 Å². The van der Waals surface area contributed by atoms with E-state index in [1.54, 1.807) is 42.9 Å². The van der Waals surface area contributed by atoms with Crippen molar-refractivity contribution >= 4 is 23.2 Å². The van der Waals surface area contributed by atoms with Crippen LogP contribution in [0, 0.1) is 20.8 Å². The molecule has 172 valence electrons. The van der Waals surface area contributed by atoms with Gasteiger partial charge in [0.2, 0.25) is 0 Å². The van der Waals surface area contributed by atoms with Gasteiger partial charge >= 0.3 is 6.18 Å². The van der Waals surface area contributed by atoms with Crippen molar-refractivity contribution in [2.24, 2.45) is 7.05 Å². The van der Waals surface area contributed by atoms with Gasteiger partial charge in [0.15, 0.2) is 17.0 Å². The fourth-order valence-electron chi connectivity index (χ4n) is 3.54. The smallest absolute Gasteiger partial charge is 0.346 e. The number of nitrogens with one attached hydrogen (secondary N) is 1. The minimum absolute atomic E-state index is 0.0743. The maximum atomic E-state index is 13.8. The Balaban J connectivity index is 1.76. The Morgan fingerprint density at radius 2 is 1.79 bits per heavy atom. The van der Waals surface area contributed by atoms with E-state index in [2.05, 4.69) is 20.5 Å². The quantitative estimate of drug-likeness (QED) is 0.465. The van der Waals surface area contributed by atoms with Gasteiger partial charge in [0.05, 0.1) is 11.4 Å². The molecule has 0 saturated heterocycles. The minimum Gasteiger partial charge on any atom is -0.346 e. The molecule has 0 unspecified atom stereocenters. The van der Waals surface area contributed by atoms with Crippen LogP contribution in [0.5, 0.6) is 0 Å². The summed E-state index contributed by atoms with van der Waals surface area (Å²) < 4.78 is 43.8. The summed E-state index contributed by atoms with van der Waals surface area (Å²) in [4.78, 5) is 17.1. The van der Waals surface area contributed by atoms with Crippen LogP contribution in [0.1, 0.15) is 38.7 Å². The highest BCUT2D eigenvalue weighted by molar-refractivity contribution is 6.36. The summed E-state index contributed by atoms with van der Waals surface area (Å²) in [7, 11) is 1.78. The summed E-state index contributed by atoms with van der Waals surface area (Å²) >= 11 is 6.32. The lowest BCUT2D eigenvalue weighted by Gasteiger charge is -2.11. The molecule has 0 aliphatic rings. The van der Waals surface area contributed by atoms with E-state index in [1.807, 2.05) is 13.8 Å². The first-order chi connectivity index (χ1) is 15.5. The lowest BCUT2D eigenvalue weighted by Crippen LogP contribution is -2.24. The largest absolute Gasteiger partial charge is 0.433 e. The topological polar surface area (TPSA) is 77.1 Å². The number of rotatable bonds is 4. The van der Waals surface area contributed by atoms with Crippen molar-refractivity contribution in [1.82, 2.24) is 29.7 Å². The number of carbonyl (C=O) groups is 1. The molecule has 1 amide bonds. The number of halogens is 4. The number of hydrogen-bond donors (Lipinski definition) is 1. The number of alkyl halides is 3. The van der Waals surface area contributed by atoms with E-state index in [1.165, 1.54) is 0 Å². The summed E-state index contributed by atoms with van der Waals surface area (Å²) in [6.45, 7) is 5.65. The summed E-state index contributed by atoms with van der Waals surface area (Å²) in [5.74, 6) is -0.710. The number of nitrogens with zero attached hydrogens (tertiary/aromatic N) is 5. The van der Waals surface area contributed by atoms with Crippen LogP contribution in [0.2, 0.25) is 5.02 Å². The van der Waals surface area contributed by atoms with Crippen LogP contribution in [0.15, 0.2) is 30.3 Å². The first kappa shape index (κ1) is 22.8. The third-order valence-electron chi connectivity index (χ3n) is 5.47. The van der Waals surface area contributed by atoms with Gasteiger partial charge in [-0.15, -0.1) is 0 Å². The number of amides is 1. The number of carbonyl (C=O) groups excluding carboxylic acids is 1. The number of hydrogen-bond acceptors (Lipinski definition) is 4. The van der Waals surface area contributed by atoms with E-state index in [0.29, 0.717) is 10.1 Å². The number of benzene rings is 1. The number of aromatic nitrogens is 5. The Morgan fingerprint density at radius 1 is 1.12 bits per heavy atom. The fraction of sp³-hybridized carbons (Fsp3) is 0.273. The molecule has 7 nitrogen and oxygen atoms in total. The molecule has 33 heavy (non-hydrogen) atoms. The molecule has 0 aliphatic heterocycles. The second-order valence-corrected chi connectivity index (χ2v) is 8.12. The van der Waals surface area contributed by atoms with Crippen LogP contribution in [0.4, 0.5) is 13.2 Å². The van der Waals surface area contributed by atoms with Crippen molar-refractivity contribution in [3.05, 3.63) is 69.3 Å². The van der Waals surface area contributed by atoms with Gasteiger partial charge in [-0.1, -0.05) is 41.4 Å². The minimum atomic E-state index is -4.74. The number of fused-ring (bicyclic) bond motifs is 1. The summed E-state index contributed by atoms with van der Waals surface area (Å²) in [5.41, 5.74) is 2.25. The van der Waals surface area contributed by atoms with Crippen molar-refractivity contribution in [1.29, 1.82) is 0 Å². The molecule has 0 bridgehead atoms. The van der Waals surface area contributed by atoms with Crippen LogP contribution in [-0.2, 0) is 19.8 Å². The van der Waals surface area contributed by atoms with Gasteiger partial charge < -0.3 is 5.32 Å². The monoisotopic (exact) mass is 476 g/mol. The van der Waals surface area contributed by atoms with Crippen molar-refractivity contribution in [2.45, 2.75) is 33.5 Å². The average Bonchev–Trinajstić information content (AvgIpc) is 3.21. The van der Waals surface area contributed by atoms with Crippen molar-refractivity contribution in [3.8, 4) is 11.3 Å². The summed E-state index contributed by atoms with van der Waals surface area (Å²) in [6.07, 6.45) is -4.74. The molecule has 11 heteroatoms. The van der Waals surface area contributed by atoms with E-state index < -0.39 is 17.8 Å². The zero-order valence-corrected chi connectivity index (χ0v) is 19.0. The lowest BCUT2D eigenvalue weighted by molar-refractivity contribution is -0.142. The van der Waals surface area contributed by atoms with Crippen LogP contribution < -0.4 is 5.32 Å². The van der Waals surface area contributed by atoms with Crippen LogP contribution in [-0.4, -0.2) is 30.3 Å². The Labute approximate surface area is 192 Å². The van der Waals surface area contributed by atoms with Crippen LogP contribution >= 0.6 is 11.6 Å². The Morgan fingerprint density at radius 3 is 2.36 bits per heavy atom. The van der Waals surface area contributed by atoms with Crippen LogP contribution in [0.3, 0.4) is 0 Å². The summed E-state index contributed by atoms with van der Waals surface area (Å²) in [5, 5.41) is 10.5. The van der Waals surface area contributed by atoms with E-state index in [-0.39, 0.29) is 28.6 Å². The van der Waals surface area contributed by atoms with E-state index in [9.17, 15) is 18.0 Å². The molecule has 0 radical (unpaired) electrons. The zero-order chi connectivity index (χ0) is 24.1. The molecular formula is C22H20ClF3N6O.